The highest BCUT2D eigenvalue weighted by Crippen LogP contribution is 2.34. The van der Waals surface area contributed by atoms with E-state index < -0.39 is 22.1 Å². The number of rotatable bonds is 4. The Morgan fingerprint density at radius 2 is 2.14 bits per heavy atom. The van der Waals surface area contributed by atoms with E-state index in [-0.39, 0.29) is 34.3 Å². The number of ether oxygens (including phenoxy) is 1. The molecule has 0 saturated carbocycles. The Labute approximate surface area is 126 Å². The van der Waals surface area contributed by atoms with Gasteiger partial charge in [-0.1, -0.05) is 11.6 Å². The minimum absolute atomic E-state index is 0.0217. The number of nitrogens with zero attached hydrogens (tertiary/aromatic N) is 1. The Kier molecular flexibility index (Phi) is 4.43. The lowest BCUT2D eigenvalue weighted by Gasteiger charge is -2.19. The molecule has 7 nitrogen and oxygen atoms in total. The minimum atomic E-state index is -3.99. The number of β-amino-alcohol motifs (C(OH)–C–C–N with tert-alkyl or cyclic N) is 1. The van der Waals surface area contributed by atoms with Crippen LogP contribution in [-0.4, -0.2) is 55.2 Å². The molecular formula is C12H14ClNO6S. The molecule has 1 fully saturated rings. The molecule has 1 aliphatic rings. The van der Waals surface area contributed by atoms with Crippen molar-refractivity contribution in [3.63, 3.8) is 0 Å². The average molecular weight is 336 g/mol. The standard InChI is InChI=1S/C12H14ClNO6S/c1-20-11-9(12(16)17)4-7(13)5-10(11)21(18,19)14-3-2-8(15)6-14/h4-5,8,15H,2-3,6H2,1H3,(H,16,17)/t8-/m1/s1. The van der Waals surface area contributed by atoms with E-state index in [1.807, 2.05) is 0 Å². The van der Waals surface area contributed by atoms with Gasteiger partial charge in [-0.25, -0.2) is 13.2 Å². The Bertz CT molecular complexity index is 675. The molecule has 0 spiro atoms. The van der Waals surface area contributed by atoms with Gasteiger partial charge in [0.25, 0.3) is 0 Å². The van der Waals surface area contributed by atoms with Crippen LogP contribution in [0.3, 0.4) is 0 Å². The largest absolute Gasteiger partial charge is 0.494 e. The van der Waals surface area contributed by atoms with E-state index >= 15 is 0 Å². The monoisotopic (exact) mass is 335 g/mol. The first-order valence-electron chi connectivity index (χ1n) is 6.06. The van der Waals surface area contributed by atoms with E-state index in [2.05, 4.69) is 0 Å². The van der Waals surface area contributed by atoms with Gasteiger partial charge in [0.15, 0.2) is 5.75 Å². The number of sulfonamides is 1. The number of carboxylic acids is 1. The molecule has 2 N–H and O–H groups in total. The molecule has 0 unspecified atom stereocenters. The molecule has 1 aromatic rings. The van der Waals surface area contributed by atoms with E-state index in [9.17, 15) is 18.3 Å². The zero-order valence-electron chi connectivity index (χ0n) is 11.1. The summed E-state index contributed by atoms with van der Waals surface area (Å²) in [5.41, 5.74) is -0.330. The lowest BCUT2D eigenvalue weighted by Crippen LogP contribution is -2.30. The van der Waals surface area contributed by atoms with Gasteiger partial charge in [0, 0.05) is 18.1 Å². The van der Waals surface area contributed by atoms with Crippen LogP contribution in [0.5, 0.6) is 5.75 Å². The van der Waals surface area contributed by atoms with Crippen LogP contribution in [0.15, 0.2) is 17.0 Å². The first-order valence-corrected chi connectivity index (χ1v) is 7.88. The van der Waals surface area contributed by atoms with Crippen molar-refractivity contribution in [3.05, 3.63) is 22.7 Å². The second-order valence-corrected chi connectivity index (χ2v) is 6.94. The molecule has 0 amide bonds. The van der Waals surface area contributed by atoms with E-state index in [0.717, 1.165) is 16.4 Å². The van der Waals surface area contributed by atoms with Gasteiger partial charge in [-0.15, -0.1) is 0 Å². The lowest BCUT2D eigenvalue weighted by molar-refractivity contribution is 0.0692. The first kappa shape index (κ1) is 16.0. The summed E-state index contributed by atoms with van der Waals surface area (Å²) in [7, 11) is -2.80. The third-order valence-electron chi connectivity index (χ3n) is 3.20. The number of hydrogen-bond donors (Lipinski definition) is 2. The van der Waals surface area contributed by atoms with Crippen LogP contribution < -0.4 is 4.74 Å². The van der Waals surface area contributed by atoms with Crippen molar-refractivity contribution < 1.29 is 28.2 Å². The summed E-state index contributed by atoms with van der Waals surface area (Å²) in [4.78, 5) is 10.9. The quantitative estimate of drug-likeness (QED) is 0.843. The smallest absolute Gasteiger partial charge is 0.339 e. The molecular weight excluding hydrogens is 322 g/mol. The van der Waals surface area contributed by atoms with Crippen LogP contribution in [0.25, 0.3) is 0 Å². The number of carbonyl (C=O) groups is 1. The Morgan fingerprint density at radius 3 is 2.62 bits per heavy atom. The van der Waals surface area contributed by atoms with Gasteiger partial charge in [0.05, 0.1) is 13.2 Å². The average Bonchev–Trinajstić information content (AvgIpc) is 2.85. The fraction of sp³-hybridized carbons (Fsp3) is 0.417. The molecule has 2 rings (SSSR count). The number of aliphatic hydroxyl groups is 1. The van der Waals surface area contributed by atoms with Gasteiger partial charge in [-0.3, -0.25) is 0 Å². The summed E-state index contributed by atoms with van der Waals surface area (Å²) in [5.74, 6) is -1.61. The molecule has 0 aromatic heterocycles. The summed E-state index contributed by atoms with van der Waals surface area (Å²) in [6, 6.07) is 2.27. The van der Waals surface area contributed by atoms with Crippen molar-refractivity contribution in [2.45, 2.75) is 17.4 Å². The zero-order valence-corrected chi connectivity index (χ0v) is 12.7. The summed E-state index contributed by atoms with van der Waals surface area (Å²) < 4.78 is 31.2. The number of benzene rings is 1. The summed E-state index contributed by atoms with van der Waals surface area (Å²) in [6.07, 6.45) is -0.405. The van der Waals surface area contributed by atoms with Gasteiger partial charge in [-0.2, -0.15) is 4.31 Å². The third kappa shape index (κ3) is 2.98. The molecule has 21 heavy (non-hydrogen) atoms. The topological polar surface area (TPSA) is 104 Å². The second-order valence-electron chi connectivity index (χ2n) is 4.60. The van der Waals surface area contributed by atoms with Crippen LogP contribution in [0.4, 0.5) is 0 Å². The predicted molar refractivity (Wildman–Crippen MR) is 74.3 cm³/mol. The maximum atomic E-state index is 12.6. The minimum Gasteiger partial charge on any atom is -0.494 e. The van der Waals surface area contributed by atoms with Crippen LogP contribution in [0, 0.1) is 0 Å². The van der Waals surface area contributed by atoms with E-state index in [1.54, 1.807) is 0 Å². The highest BCUT2D eigenvalue weighted by atomic mass is 35.5. The normalized spacial score (nSPS) is 19.7. The number of aromatic carboxylic acids is 1. The first-order chi connectivity index (χ1) is 9.77. The molecule has 1 aromatic carbocycles. The van der Waals surface area contributed by atoms with Crippen LogP contribution in [-0.2, 0) is 10.0 Å². The molecule has 9 heteroatoms. The fourth-order valence-corrected chi connectivity index (χ4v) is 4.18. The van der Waals surface area contributed by atoms with Crippen LogP contribution in [0.2, 0.25) is 5.02 Å². The molecule has 116 valence electrons. The van der Waals surface area contributed by atoms with Gasteiger partial charge < -0.3 is 14.9 Å². The molecule has 1 atom stereocenters. The predicted octanol–water partition coefficient (Wildman–Crippen LogP) is 0.802. The Balaban J connectivity index is 2.60. The number of hydrogen-bond acceptors (Lipinski definition) is 5. The third-order valence-corrected chi connectivity index (χ3v) is 5.29. The van der Waals surface area contributed by atoms with Crippen molar-refractivity contribution >= 4 is 27.6 Å². The van der Waals surface area contributed by atoms with Crippen molar-refractivity contribution in [2.24, 2.45) is 0 Å². The van der Waals surface area contributed by atoms with Crippen LogP contribution in [0.1, 0.15) is 16.8 Å². The zero-order chi connectivity index (χ0) is 15.8. The number of halogens is 1. The summed E-state index contributed by atoms with van der Waals surface area (Å²) in [6.45, 7) is 0.113. The SMILES string of the molecule is COc1c(C(=O)O)cc(Cl)cc1S(=O)(=O)N1CC[C@@H](O)C1. The number of aliphatic hydroxyl groups excluding tert-OH is 1. The molecule has 0 bridgehead atoms. The molecule has 0 aliphatic carbocycles. The summed E-state index contributed by atoms with van der Waals surface area (Å²) in [5, 5.41) is 18.6. The molecule has 1 heterocycles. The maximum absolute atomic E-state index is 12.6. The second kappa shape index (κ2) is 5.80. The Morgan fingerprint density at radius 1 is 1.48 bits per heavy atom. The van der Waals surface area contributed by atoms with E-state index in [0.29, 0.717) is 6.42 Å². The van der Waals surface area contributed by atoms with Crippen molar-refractivity contribution in [1.29, 1.82) is 0 Å². The number of methoxy groups -OCH3 is 1. The van der Waals surface area contributed by atoms with Gasteiger partial charge in [-0.05, 0) is 18.6 Å². The lowest BCUT2D eigenvalue weighted by atomic mass is 10.2. The maximum Gasteiger partial charge on any atom is 0.339 e. The van der Waals surface area contributed by atoms with Gasteiger partial charge in [0.1, 0.15) is 10.5 Å². The highest BCUT2D eigenvalue weighted by Gasteiger charge is 2.35. The van der Waals surface area contributed by atoms with Gasteiger partial charge in [0.2, 0.25) is 10.0 Å². The fourth-order valence-electron chi connectivity index (χ4n) is 2.20. The molecule has 1 aliphatic heterocycles. The van der Waals surface area contributed by atoms with E-state index in [4.69, 9.17) is 21.4 Å². The van der Waals surface area contributed by atoms with Gasteiger partial charge >= 0.3 is 5.97 Å². The van der Waals surface area contributed by atoms with Crippen LogP contribution >= 0.6 is 11.6 Å². The Hall–Kier alpha value is -1.35. The molecule has 1 saturated heterocycles. The summed E-state index contributed by atoms with van der Waals surface area (Å²) >= 11 is 5.81. The molecule has 0 radical (unpaired) electrons. The van der Waals surface area contributed by atoms with Crippen molar-refractivity contribution in [3.8, 4) is 5.75 Å². The van der Waals surface area contributed by atoms with Crippen molar-refractivity contribution in [1.82, 2.24) is 4.31 Å². The van der Waals surface area contributed by atoms with E-state index in [1.165, 1.54) is 7.11 Å². The number of carboxylic acid groups (broad SMARTS) is 1. The van der Waals surface area contributed by atoms with Crippen molar-refractivity contribution in [2.75, 3.05) is 20.2 Å². The highest BCUT2D eigenvalue weighted by molar-refractivity contribution is 7.89.